The number of hydrogen-bond acceptors (Lipinski definition) is 3. The molecule has 19 heavy (non-hydrogen) atoms. The van der Waals surface area contributed by atoms with Gasteiger partial charge in [0.1, 0.15) is 0 Å². The number of aryl methyl sites for hydroxylation is 1. The molecule has 0 radical (unpaired) electrons. The maximum Gasteiger partial charge on any atom is 0.0546 e. The molecular formula is C16H26N2O. The quantitative estimate of drug-likeness (QED) is 0.886. The summed E-state index contributed by atoms with van der Waals surface area (Å²) in [6, 6.07) is 8.56. The molecule has 0 spiro atoms. The highest BCUT2D eigenvalue weighted by atomic mass is 16.5. The van der Waals surface area contributed by atoms with Crippen molar-refractivity contribution < 1.29 is 4.74 Å². The van der Waals surface area contributed by atoms with Crippen LogP contribution in [0.1, 0.15) is 25.8 Å². The van der Waals surface area contributed by atoms with Crippen LogP contribution in [0.2, 0.25) is 0 Å². The summed E-state index contributed by atoms with van der Waals surface area (Å²) in [6.45, 7) is 9.97. The Morgan fingerprint density at radius 1 is 1.42 bits per heavy atom. The summed E-state index contributed by atoms with van der Waals surface area (Å²) in [7, 11) is 0. The molecule has 0 aliphatic carbocycles. The summed E-state index contributed by atoms with van der Waals surface area (Å²) in [4.78, 5) is 2.46. The molecule has 0 amide bonds. The highest BCUT2D eigenvalue weighted by Gasteiger charge is 2.40. The van der Waals surface area contributed by atoms with Gasteiger partial charge < -0.3 is 15.4 Å². The predicted molar refractivity (Wildman–Crippen MR) is 80.6 cm³/mol. The van der Waals surface area contributed by atoms with Gasteiger partial charge in [0.2, 0.25) is 0 Å². The molecule has 3 heteroatoms. The van der Waals surface area contributed by atoms with Crippen LogP contribution < -0.4 is 10.6 Å². The van der Waals surface area contributed by atoms with Crippen LogP contribution in [0.15, 0.2) is 24.3 Å². The first-order valence-corrected chi connectivity index (χ1v) is 7.24. The van der Waals surface area contributed by atoms with E-state index in [-0.39, 0.29) is 5.54 Å². The van der Waals surface area contributed by atoms with Crippen LogP contribution in [0.4, 0.5) is 5.69 Å². The Morgan fingerprint density at radius 3 is 2.68 bits per heavy atom. The van der Waals surface area contributed by atoms with Crippen molar-refractivity contribution >= 4 is 5.69 Å². The minimum atomic E-state index is -0.0304. The lowest BCUT2D eigenvalue weighted by atomic mass is 9.82. The van der Waals surface area contributed by atoms with Gasteiger partial charge >= 0.3 is 0 Å². The average molecular weight is 262 g/mol. The minimum Gasteiger partial charge on any atom is -0.381 e. The number of rotatable bonds is 5. The maximum atomic E-state index is 6.15. The van der Waals surface area contributed by atoms with E-state index in [2.05, 4.69) is 49.9 Å². The number of ether oxygens (including phenoxy) is 1. The fourth-order valence-electron chi connectivity index (χ4n) is 3.20. The molecule has 2 rings (SSSR count). The highest BCUT2D eigenvalue weighted by molar-refractivity contribution is 5.55. The van der Waals surface area contributed by atoms with Gasteiger partial charge in [0.15, 0.2) is 0 Å². The molecule has 1 aromatic carbocycles. The molecule has 2 N–H and O–H groups in total. The number of benzene rings is 1. The molecule has 1 heterocycles. The normalized spacial score (nSPS) is 22.2. The molecule has 2 atom stereocenters. The highest BCUT2D eigenvalue weighted by Crippen LogP contribution is 2.35. The Morgan fingerprint density at radius 2 is 2.16 bits per heavy atom. The van der Waals surface area contributed by atoms with Crippen molar-refractivity contribution in [2.75, 3.05) is 31.2 Å². The van der Waals surface area contributed by atoms with E-state index in [4.69, 9.17) is 10.5 Å². The lowest BCUT2D eigenvalue weighted by Crippen LogP contribution is -2.57. The van der Waals surface area contributed by atoms with E-state index in [0.717, 1.165) is 26.2 Å². The molecule has 1 aliphatic rings. The van der Waals surface area contributed by atoms with Gasteiger partial charge in [-0.15, -0.1) is 0 Å². The van der Waals surface area contributed by atoms with Crippen molar-refractivity contribution in [2.24, 2.45) is 11.7 Å². The van der Waals surface area contributed by atoms with Crippen LogP contribution in [-0.4, -0.2) is 31.8 Å². The molecule has 0 bridgehead atoms. The van der Waals surface area contributed by atoms with E-state index in [0.29, 0.717) is 12.5 Å². The van der Waals surface area contributed by atoms with Crippen molar-refractivity contribution in [2.45, 2.75) is 32.7 Å². The lowest BCUT2D eigenvalue weighted by Gasteiger charge is -2.46. The second-order valence-corrected chi connectivity index (χ2v) is 5.65. The number of hydrogen-bond donors (Lipinski definition) is 1. The molecule has 1 fully saturated rings. The minimum absolute atomic E-state index is 0.0304. The Labute approximate surface area is 116 Å². The van der Waals surface area contributed by atoms with Crippen LogP contribution >= 0.6 is 0 Å². The largest absolute Gasteiger partial charge is 0.381 e. The SMILES string of the molecule is CCN(c1ccccc1C)C(C)(CN)C1CCOC1. The Hall–Kier alpha value is -1.06. The first-order chi connectivity index (χ1) is 9.13. The molecule has 3 nitrogen and oxygen atoms in total. The monoisotopic (exact) mass is 262 g/mol. The molecule has 1 saturated heterocycles. The van der Waals surface area contributed by atoms with E-state index in [1.165, 1.54) is 11.3 Å². The molecular weight excluding hydrogens is 236 g/mol. The van der Waals surface area contributed by atoms with Crippen molar-refractivity contribution in [3.63, 3.8) is 0 Å². The summed E-state index contributed by atoms with van der Waals surface area (Å²) >= 11 is 0. The van der Waals surface area contributed by atoms with Crippen molar-refractivity contribution in [1.82, 2.24) is 0 Å². The smallest absolute Gasteiger partial charge is 0.0546 e. The molecule has 0 aromatic heterocycles. The second kappa shape index (κ2) is 5.93. The molecule has 1 aromatic rings. The number of nitrogens with zero attached hydrogens (tertiary/aromatic N) is 1. The summed E-state index contributed by atoms with van der Waals surface area (Å²) in [6.07, 6.45) is 1.11. The van der Waals surface area contributed by atoms with Crippen LogP contribution in [-0.2, 0) is 4.74 Å². The van der Waals surface area contributed by atoms with Crippen molar-refractivity contribution in [3.8, 4) is 0 Å². The maximum absolute atomic E-state index is 6.15. The van der Waals surface area contributed by atoms with Gasteiger partial charge in [-0.3, -0.25) is 0 Å². The zero-order chi connectivity index (χ0) is 13.9. The predicted octanol–water partition coefficient (Wildman–Crippen LogP) is 2.58. The van der Waals surface area contributed by atoms with Gasteiger partial charge in [-0.1, -0.05) is 18.2 Å². The molecule has 0 saturated carbocycles. The van der Waals surface area contributed by atoms with Crippen LogP contribution in [0.5, 0.6) is 0 Å². The Bertz CT molecular complexity index is 415. The van der Waals surface area contributed by atoms with Crippen molar-refractivity contribution in [1.29, 1.82) is 0 Å². The fourth-order valence-corrected chi connectivity index (χ4v) is 3.20. The van der Waals surface area contributed by atoms with Gasteiger partial charge in [0, 0.05) is 31.3 Å². The molecule has 1 aliphatic heterocycles. The van der Waals surface area contributed by atoms with Gasteiger partial charge in [-0.05, 0) is 38.8 Å². The third-order valence-corrected chi connectivity index (χ3v) is 4.56. The molecule has 106 valence electrons. The number of anilines is 1. The fraction of sp³-hybridized carbons (Fsp3) is 0.625. The third kappa shape index (κ3) is 2.63. The summed E-state index contributed by atoms with van der Waals surface area (Å²) < 4.78 is 5.58. The van der Waals surface area contributed by atoms with E-state index in [1.54, 1.807) is 0 Å². The van der Waals surface area contributed by atoms with Crippen LogP contribution in [0.3, 0.4) is 0 Å². The number of para-hydroxylation sites is 1. The van der Waals surface area contributed by atoms with E-state index in [1.807, 2.05) is 0 Å². The first-order valence-electron chi connectivity index (χ1n) is 7.24. The standard InChI is InChI=1S/C16H26N2O/c1-4-18(15-8-6-5-7-13(15)2)16(3,12-17)14-9-10-19-11-14/h5-8,14H,4,9-12,17H2,1-3H3. The third-order valence-electron chi connectivity index (χ3n) is 4.56. The van der Waals surface area contributed by atoms with E-state index in [9.17, 15) is 0 Å². The summed E-state index contributed by atoms with van der Waals surface area (Å²) in [5, 5.41) is 0. The lowest BCUT2D eigenvalue weighted by molar-refractivity contribution is 0.165. The average Bonchev–Trinajstić information content (AvgIpc) is 2.96. The first kappa shape index (κ1) is 14.4. The zero-order valence-corrected chi connectivity index (χ0v) is 12.4. The van der Waals surface area contributed by atoms with Crippen LogP contribution in [0.25, 0.3) is 0 Å². The Kier molecular flexibility index (Phi) is 4.48. The summed E-state index contributed by atoms with van der Waals surface area (Å²) in [5.41, 5.74) is 8.73. The van der Waals surface area contributed by atoms with E-state index >= 15 is 0 Å². The molecule has 2 unspecified atom stereocenters. The zero-order valence-electron chi connectivity index (χ0n) is 12.4. The van der Waals surface area contributed by atoms with Gasteiger partial charge in [-0.25, -0.2) is 0 Å². The summed E-state index contributed by atoms with van der Waals surface area (Å²) in [5.74, 6) is 0.511. The van der Waals surface area contributed by atoms with Gasteiger partial charge in [0.25, 0.3) is 0 Å². The number of nitrogens with two attached hydrogens (primary N) is 1. The number of likely N-dealkylation sites (N-methyl/N-ethyl adjacent to an activating group) is 1. The topological polar surface area (TPSA) is 38.5 Å². The Balaban J connectivity index is 2.35. The second-order valence-electron chi connectivity index (χ2n) is 5.65. The van der Waals surface area contributed by atoms with Crippen LogP contribution in [0, 0.1) is 12.8 Å². The van der Waals surface area contributed by atoms with Gasteiger partial charge in [-0.2, -0.15) is 0 Å². The van der Waals surface area contributed by atoms with E-state index < -0.39 is 0 Å². The van der Waals surface area contributed by atoms with Crippen molar-refractivity contribution in [3.05, 3.63) is 29.8 Å². The van der Waals surface area contributed by atoms with Gasteiger partial charge in [0.05, 0.1) is 12.1 Å².